The lowest BCUT2D eigenvalue weighted by atomic mass is 10.1. The van der Waals surface area contributed by atoms with Gasteiger partial charge in [-0.25, -0.2) is 0 Å². The van der Waals surface area contributed by atoms with Crippen molar-refractivity contribution in [3.05, 3.63) is 59.7 Å². The van der Waals surface area contributed by atoms with Gasteiger partial charge in [0.15, 0.2) is 6.61 Å². The molecule has 27 heavy (non-hydrogen) atoms. The monoisotopic (exact) mass is 371 g/mol. The summed E-state index contributed by atoms with van der Waals surface area (Å²) in [5, 5.41) is 2.74. The number of para-hydroxylation sites is 1. The number of carbonyl (C=O) groups excluding carboxylic acids is 2. The van der Waals surface area contributed by atoms with Crippen molar-refractivity contribution in [3.8, 4) is 11.5 Å². The number of rotatable bonds is 10. The zero-order valence-corrected chi connectivity index (χ0v) is 15.7. The fourth-order valence-corrected chi connectivity index (χ4v) is 2.55. The molecule has 1 N–H and O–H groups in total. The van der Waals surface area contributed by atoms with Crippen molar-refractivity contribution in [1.29, 1.82) is 0 Å². The van der Waals surface area contributed by atoms with Gasteiger partial charge in [-0.1, -0.05) is 30.3 Å². The molecule has 0 saturated heterocycles. The summed E-state index contributed by atoms with van der Waals surface area (Å²) >= 11 is 0. The number of amides is 1. The van der Waals surface area contributed by atoms with Gasteiger partial charge in [-0.15, -0.1) is 0 Å². The largest absolute Gasteiger partial charge is 0.497 e. The van der Waals surface area contributed by atoms with E-state index >= 15 is 0 Å². The van der Waals surface area contributed by atoms with E-state index in [1.807, 2.05) is 48.5 Å². The van der Waals surface area contributed by atoms with Crippen molar-refractivity contribution in [3.63, 3.8) is 0 Å². The van der Waals surface area contributed by atoms with E-state index < -0.39 is 5.97 Å². The summed E-state index contributed by atoms with van der Waals surface area (Å²) in [7, 11) is 3.22. The first-order valence-corrected chi connectivity index (χ1v) is 8.79. The molecule has 0 aliphatic rings. The molecule has 0 radical (unpaired) electrons. The normalized spacial score (nSPS) is 10.1. The average Bonchev–Trinajstić information content (AvgIpc) is 2.71. The van der Waals surface area contributed by atoms with Gasteiger partial charge in [-0.3, -0.25) is 9.59 Å². The summed E-state index contributed by atoms with van der Waals surface area (Å²) in [6, 6.07) is 15.1. The van der Waals surface area contributed by atoms with Crippen LogP contribution < -0.4 is 14.8 Å². The highest BCUT2D eigenvalue weighted by atomic mass is 16.5. The molecule has 0 bridgehead atoms. The van der Waals surface area contributed by atoms with E-state index in [0.29, 0.717) is 19.4 Å². The molecule has 2 rings (SSSR count). The van der Waals surface area contributed by atoms with Gasteiger partial charge < -0.3 is 19.5 Å². The van der Waals surface area contributed by atoms with Crippen LogP contribution in [0.3, 0.4) is 0 Å². The maximum atomic E-state index is 11.8. The Morgan fingerprint density at radius 1 is 0.926 bits per heavy atom. The third-order valence-corrected chi connectivity index (χ3v) is 4.05. The molecule has 0 aromatic heterocycles. The van der Waals surface area contributed by atoms with E-state index in [1.165, 1.54) is 0 Å². The summed E-state index contributed by atoms with van der Waals surface area (Å²) in [4.78, 5) is 23.6. The Labute approximate surface area is 159 Å². The minimum absolute atomic E-state index is 0.223. The highest BCUT2D eigenvalue weighted by Crippen LogP contribution is 2.17. The van der Waals surface area contributed by atoms with E-state index in [0.717, 1.165) is 22.6 Å². The minimum Gasteiger partial charge on any atom is -0.497 e. The van der Waals surface area contributed by atoms with E-state index in [9.17, 15) is 9.59 Å². The fraction of sp³-hybridized carbons (Fsp3) is 0.333. The van der Waals surface area contributed by atoms with Gasteiger partial charge in [0.25, 0.3) is 5.91 Å². The Balaban J connectivity index is 1.63. The number of carbonyl (C=O) groups is 2. The molecule has 0 heterocycles. The highest BCUT2D eigenvalue weighted by molar-refractivity contribution is 5.80. The summed E-state index contributed by atoms with van der Waals surface area (Å²) < 4.78 is 15.4. The van der Waals surface area contributed by atoms with Gasteiger partial charge in [0, 0.05) is 13.0 Å². The maximum Gasteiger partial charge on any atom is 0.306 e. The second-order valence-corrected chi connectivity index (χ2v) is 5.92. The molecule has 6 nitrogen and oxygen atoms in total. The Hall–Kier alpha value is -3.02. The van der Waals surface area contributed by atoms with Crippen molar-refractivity contribution in [2.45, 2.75) is 19.3 Å². The topological polar surface area (TPSA) is 73.9 Å². The van der Waals surface area contributed by atoms with Crippen LogP contribution >= 0.6 is 0 Å². The van der Waals surface area contributed by atoms with Crippen LogP contribution in [0.25, 0.3) is 0 Å². The predicted molar refractivity (Wildman–Crippen MR) is 102 cm³/mol. The second-order valence-electron chi connectivity index (χ2n) is 5.92. The third-order valence-electron chi connectivity index (χ3n) is 4.05. The number of esters is 1. The third kappa shape index (κ3) is 7.01. The summed E-state index contributed by atoms with van der Waals surface area (Å²) in [5.41, 5.74) is 2.02. The quantitative estimate of drug-likeness (QED) is 0.650. The van der Waals surface area contributed by atoms with Gasteiger partial charge in [0.1, 0.15) is 11.5 Å². The molecule has 6 heteroatoms. The molecule has 2 aromatic carbocycles. The van der Waals surface area contributed by atoms with Crippen LogP contribution in [0.15, 0.2) is 48.5 Å². The van der Waals surface area contributed by atoms with Crippen LogP contribution in [-0.2, 0) is 27.2 Å². The number of aryl methyl sites for hydroxylation is 1. The maximum absolute atomic E-state index is 11.8. The molecular formula is C21H25NO5. The van der Waals surface area contributed by atoms with E-state index in [4.69, 9.17) is 14.2 Å². The van der Waals surface area contributed by atoms with Crippen molar-refractivity contribution in [2.75, 3.05) is 27.4 Å². The first-order chi connectivity index (χ1) is 13.1. The molecule has 2 aromatic rings. The number of methoxy groups -OCH3 is 2. The van der Waals surface area contributed by atoms with E-state index in [2.05, 4.69) is 5.32 Å². The van der Waals surface area contributed by atoms with Gasteiger partial charge in [0.2, 0.25) is 0 Å². The molecule has 0 atom stereocenters. The standard InChI is InChI=1S/C21H25NO5/c1-25-18-10-7-16(8-11-18)9-12-21(24)27-15-20(23)22-14-13-17-5-3-4-6-19(17)26-2/h3-8,10-11H,9,12-15H2,1-2H3,(H,22,23). The van der Waals surface area contributed by atoms with Crippen LogP contribution in [0.2, 0.25) is 0 Å². The molecule has 0 aliphatic carbocycles. The highest BCUT2D eigenvalue weighted by Gasteiger charge is 2.08. The van der Waals surface area contributed by atoms with E-state index in [-0.39, 0.29) is 18.9 Å². The molecule has 0 aliphatic heterocycles. The number of ether oxygens (including phenoxy) is 3. The second kappa shape index (κ2) is 10.9. The van der Waals surface area contributed by atoms with Gasteiger partial charge in [0.05, 0.1) is 14.2 Å². The number of nitrogens with one attached hydrogen (secondary N) is 1. The van der Waals surface area contributed by atoms with Crippen LogP contribution in [0, 0.1) is 0 Å². The Morgan fingerprint density at radius 2 is 1.67 bits per heavy atom. The number of hydrogen-bond acceptors (Lipinski definition) is 5. The zero-order chi connectivity index (χ0) is 19.5. The Kier molecular flexibility index (Phi) is 8.16. The molecule has 0 fully saturated rings. The summed E-state index contributed by atoms with van der Waals surface area (Å²) in [5.74, 6) is 0.844. The summed E-state index contributed by atoms with van der Waals surface area (Å²) in [6.07, 6.45) is 1.42. The Morgan fingerprint density at radius 3 is 2.37 bits per heavy atom. The average molecular weight is 371 g/mol. The smallest absolute Gasteiger partial charge is 0.306 e. The number of hydrogen-bond donors (Lipinski definition) is 1. The predicted octanol–water partition coefficient (Wildman–Crippen LogP) is 2.54. The van der Waals surface area contributed by atoms with Gasteiger partial charge in [-0.2, -0.15) is 0 Å². The molecule has 0 spiro atoms. The lowest BCUT2D eigenvalue weighted by Gasteiger charge is -2.09. The van der Waals surface area contributed by atoms with Crippen molar-refractivity contribution >= 4 is 11.9 Å². The van der Waals surface area contributed by atoms with E-state index in [1.54, 1.807) is 14.2 Å². The molecular weight excluding hydrogens is 346 g/mol. The SMILES string of the molecule is COc1ccc(CCC(=O)OCC(=O)NCCc2ccccc2OC)cc1. The van der Waals surface area contributed by atoms with Crippen LogP contribution in [0.5, 0.6) is 11.5 Å². The molecule has 144 valence electrons. The fourth-order valence-electron chi connectivity index (χ4n) is 2.55. The van der Waals surface area contributed by atoms with Crippen LogP contribution in [-0.4, -0.2) is 39.2 Å². The summed E-state index contributed by atoms with van der Waals surface area (Å²) in [6.45, 7) is 0.177. The van der Waals surface area contributed by atoms with Gasteiger partial charge >= 0.3 is 5.97 Å². The number of benzene rings is 2. The molecule has 0 unspecified atom stereocenters. The molecule has 0 saturated carbocycles. The lowest BCUT2D eigenvalue weighted by Crippen LogP contribution is -2.30. The lowest BCUT2D eigenvalue weighted by molar-refractivity contribution is -0.148. The van der Waals surface area contributed by atoms with Crippen molar-refractivity contribution in [2.24, 2.45) is 0 Å². The Bertz CT molecular complexity index is 742. The van der Waals surface area contributed by atoms with Crippen molar-refractivity contribution in [1.82, 2.24) is 5.32 Å². The minimum atomic E-state index is -0.398. The zero-order valence-electron chi connectivity index (χ0n) is 15.7. The first-order valence-electron chi connectivity index (χ1n) is 8.79. The van der Waals surface area contributed by atoms with Crippen molar-refractivity contribution < 1.29 is 23.8 Å². The molecule has 1 amide bonds. The first kappa shape index (κ1) is 20.3. The van der Waals surface area contributed by atoms with Crippen LogP contribution in [0.4, 0.5) is 0 Å². The van der Waals surface area contributed by atoms with Gasteiger partial charge in [-0.05, 0) is 42.2 Å². The van der Waals surface area contributed by atoms with Crippen LogP contribution in [0.1, 0.15) is 17.5 Å².